The third-order valence-electron chi connectivity index (χ3n) is 2.66. The van der Waals surface area contributed by atoms with E-state index in [4.69, 9.17) is 5.11 Å². The van der Waals surface area contributed by atoms with E-state index in [0.717, 1.165) is 12.8 Å². The molecule has 0 aromatic carbocycles. The number of carbonyl (C=O) groups excluding carboxylic acids is 1. The molecule has 1 amide bonds. The Kier molecular flexibility index (Phi) is 10.7. The van der Waals surface area contributed by atoms with Gasteiger partial charge in [-0.05, 0) is 6.42 Å². The highest BCUT2D eigenvalue weighted by molar-refractivity contribution is 5.93. The van der Waals surface area contributed by atoms with Gasteiger partial charge in [-0.3, -0.25) is 9.59 Å². The first-order chi connectivity index (χ1) is 8.16. The number of nitrogens with one attached hydrogen (secondary N) is 1. The van der Waals surface area contributed by atoms with Crippen molar-refractivity contribution in [1.82, 2.24) is 5.32 Å². The second kappa shape index (κ2) is 11.4. The number of carboxylic acid groups (broad SMARTS) is 1. The highest BCUT2D eigenvalue weighted by atomic mass is 16.4. The first-order valence-corrected chi connectivity index (χ1v) is 6.65. The molecule has 100 valence electrons. The molecule has 0 bridgehead atoms. The van der Waals surface area contributed by atoms with Crippen molar-refractivity contribution in [1.29, 1.82) is 0 Å². The minimum absolute atomic E-state index is 0.388. The molecular weight excluding hydrogens is 218 g/mol. The molecule has 4 heteroatoms. The number of unbranched alkanes of at least 4 members (excludes halogenated alkanes) is 7. The summed E-state index contributed by atoms with van der Waals surface area (Å²) in [6.45, 7) is 2.81. The van der Waals surface area contributed by atoms with E-state index < -0.39 is 12.4 Å². The van der Waals surface area contributed by atoms with Crippen LogP contribution in [0.4, 0.5) is 0 Å². The fourth-order valence-corrected chi connectivity index (χ4v) is 1.69. The molecule has 0 aliphatic heterocycles. The fraction of sp³-hybridized carbons (Fsp3) is 0.846. The Balaban J connectivity index is 3.13. The van der Waals surface area contributed by atoms with Crippen molar-refractivity contribution in [3.63, 3.8) is 0 Å². The van der Waals surface area contributed by atoms with Crippen molar-refractivity contribution < 1.29 is 14.7 Å². The van der Waals surface area contributed by atoms with Gasteiger partial charge in [0.05, 0.1) is 0 Å². The Hall–Kier alpha value is -1.06. The average Bonchev–Trinajstić information content (AvgIpc) is 2.26. The molecule has 0 aliphatic rings. The number of rotatable bonds is 11. The Morgan fingerprint density at radius 1 is 0.941 bits per heavy atom. The second-order valence-corrected chi connectivity index (χ2v) is 4.40. The number of amides is 1. The minimum atomic E-state index is -1.07. The van der Waals surface area contributed by atoms with Crippen molar-refractivity contribution in [2.24, 2.45) is 0 Å². The fourth-order valence-electron chi connectivity index (χ4n) is 1.69. The van der Waals surface area contributed by atoms with Crippen LogP contribution in [-0.4, -0.2) is 23.5 Å². The molecule has 0 saturated heterocycles. The van der Waals surface area contributed by atoms with Crippen LogP contribution in [0.3, 0.4) is 0 Å². The maximum absolute atomic E-state index is 11.0. The summed E-state index contributed by atoms with van der Waals surface area (Å²) in [7, 11) is 0. The van der Waals surface area contributed by atoms with Gasteiger partial charge in [0.1, 0.15) is 6.42 Å². The van der Waals surface area contributed by atoms with Crippen LogP contribution < -0.4 is 5.32 Å². The van der Waals surface area contributed by atoms with Crippen LogP contribution in [-0.2, 0) is 9.59 Å². The van der Waals surface area contributed by atoms with Crippen LogP contribution in [0.2, 0.25) is 0 Å². The molecule has 0 aromatic heterocycles. The zero-order valence-corrected chi connectivity index (χ0v) is 10.8. The molecule has 0 rings (SSSR count). The molecule has 0 aliphatic carbocycles. The summed E-state index contributed by atoms with van der Waals surface area (Å²) < 4.78 is 0. The first kappa shape index (κ1) is 15.9. The molecular formula is C13H25NO3. The molecule has 0 radical (unpaired) electrons. The molecule has 0 unspecified atom stereocenters. The van der Waals surface area contributed by atoms with Gasteiger partial charge >= 0.3 is 5.97 Å². The standard InChI is InChI=1S/C13H25NO3/c1-2-3-4-5-6-7-8-9-10-14-12(15)11-13(16)17/h2-11H2,1H3,(H,14,15)(H,16,17). The van der Waals surface area contributed by atoms with Gasteiger partial charge in [-0.15, -0.1) is 0 Å². The summed E-state index contributed by atoms with van der Waals surface area (Å²) in [4.78, 5) is 21.2. The molecule has 0 heterocycles. The Bertz CT molecular complexity index is 217. The monoisotopic (exact) mass is 243 g/mol. The van der Waals surface area contributed by atoms with Gasteiger partial charge in [-0.25, -0.2) is 0 Å². The number of hydrogen-bond donors (Lipinski definition) is 2. The number of carboxylic acids is 1. The number of hydrogen-bond acceptors (Lipinski definition) is 2. The van der Waals surface area contributed by atoms with Gasteiger partial charge in [0.25, 0.3) is 0 Å². The lowest BCUT2D eigenvalue weighted by Gasteiger charge is -2.03. The number of carbonyl (C=O) groups is 2. The zero-order valence-electron chi connectivity index (χ0n) is 10.8. The Morgan fingerprint density at radius 2 is 1.47 bits per heavy atom. The number of aliphatic carboxylic acids is 1. The Labute approximate surface area is 104 Å². The van der Waals surface area contributed by atoms with E-state index in [2.05, 4.69) is 12.2 Å². The van der Waals surface area contributed by atoms with Gasteiger partial charge in [-0.2, -0.15) is 0 Å². The molecule has 0 atom stereocenters. The highest BCUT2D eigenvalue weighted by Gasteiger charge is 2.05. The van der Waals surface area contributed by atoms with Crippen molar-refractivity contribution in [3.05, 3.63) is 0 Å². The predicted molar refractivity (Wildman–Crippen MR) is 67.9 cm³/mol. The van der Waals surface area contributed by atoms with Crippen LogP contribution in [0.5, 0.6) is 0 Å². The molecule has 0 fully saturated rings. The van der Waals surface area contributed by atoms with Crippen LogP contribution in [0, 0.1) is 0 Å². The van der Waals surface area contributed by atoms with Gasteiger partial charge in [0, 0.05) is 6.54 Å². The smallest absolute Gasteiger partial charge is 0.312 e. The van der Waals surface area contributed by atoms with Gasteiger partial charge < -0.3 is 10.4 Å². The lowest BCUT2D eigenvalue weighted by Crippen LogP contribution is -2.26. The summed E-state index contributed by atoms with van der Waals surface area (Å²) in [6.07, 6.45) is 9.34. The third kappa shape index (κ3) is 12.9. The van der Waals surface area contributed by atoms with E-state index in [9.17, 15) is 9.59 Å². The topological polar surface area (TPSA) is 66.4 Å². The van der Waals surface area contributed by atoms with E-state index >= 15 is 0 Å². The van der Waals surface area contributed by atoms with Crippen molar-refractivity contribution in [2.75, 3.05) is 6.54 Å². The second-order valence-electron chi connectivity index (χ2n) is 4.40. The van der Waals surface area contributed by atoms with E-state index in [1.807, 2.05) is 0 Å². The van der Waals surface area contributed by atoms with Crippen molar-refractivity contribution in [2.45, 2.75) is 64.7 Å². The van der Waals surface area contributed by atoms with Crippen LogP contribution in [0.25, 0.3) is 0 Å². The lowest BCUT2D eigenvalue weighted by atomic mass is 10.1. The quantitative estimate of drug-likeness (QED) is 0.433. The zero-order chi connectivity index (χ0) is 12.9. The summed E-state index contributed by atoms with van der Waals surface area (Å²) in [5.74, 6) is -1.46. The van der Waals surface area contributed by atoms with Crippen LogP contribution in [0.1, 0.15) is 64.7 Å². The normalized spacial score (nSPS) is 10.2. The summed E-state index contributed by atoms with van der Waals surface area (Å²) in [5, 5.41) is 11.0. The van der Waals surface area contributed by atoms with Crippen LogP contribution in [0.15, 0.2) is 0 Å². The van der Waals surface area contributed by atoms with Gasteiger partial charge in [0.15, 0.2) is 0 Å². The van der Waals surface area contributed by atoms with E-state index in [1.165, 1.54) is 38.5 Å². The molecule has 0 aromatic rings. The molecule has 0 spiro atoms. The maximum Gasteiger partial charge on any atom is 0.312 e. The third-order valence-corrected chi connectivity index (χ3v) is 2.66. The predicted octanol–water partition coefficient (Wildman–Crippen LogP) is 2.72. The molecule has 0 saturated carbocycles. The highest BCUT2D eigenvalue weighted by Crippen LogP contribution is 2.07. The molecule has 17 heavy (non-hydrogen) atoms. The SMILES string of the molecule is CCCCCCCCCCNC(=O)CC(=O)O. The molecule has 2 N–H and O–H groups in total. The Morgan fingerprint density at radius 3 is 2.00 bits per heavy atom. The average molecular weight is 243 g/mol. The van der Waals surface area contributed by atoms with Crippen LogP contribution >= 0.6 is 0 Å². The van der Waals surface area contributed by atoms with E-state index in [-0.39, 0.29) is 5.91 Å². The van der Waals surface area contributed by atoms with E-state index in [0.29, 0.717) is 6.54 Å². The summed E-state index contributed by atoms with van der Waals surface area (Å²) in [6, 6.07) is 0. The molecule has 4 nitrogen and oxygen atoms in total. The summed E-state index contributed by atoms with van der Waals surface area (Å²) >= 11 is 0. The van der Waals surface area contributed by atoms with Crippen molar-refractivity contribution in [3.8, 4) is 0 Å². The largest absolute Gasteiger partial charge is 0.481 e. The minimum Gasteiger partial charge on any atom is -0.481 e. The van der Waals surface area contributed by atoms with E-state index in [1.54, 1.807) is 0 Å². The van der Waals surface area contributed by atoms with Crippen molar-refractivity contribution >= 4 is 11.9 Å². The van der Waals surface area contributed by atoms with Gasteiger partial charge in [0.2, 0.25) is 5.91 Å². The lowest BCUT2D eigenvalue weighted by molar-refractivity contribution is -0.140. The van der Waals surface area contributed by atoms with Gasteiger partial charge in [-0.1, -0.05) is 51.9 Å². The maximum atomic E-state index is 11.0. The summed E-state index contributed by atoms with van der Waals surface area (Å²) in [5.41, 5.74) is 0. The first-order valence-electron chi connectivity index (χ1n) is 6.65.